The van der Waals surface area contributed by atoms with Crippen LogP contribution in [0, 0.1) is 6.92 Å². The van der Waals surface area contributed by atoms with Gasteiger partial charge in [-0.1, -0.05) is 30.3 Å². The number of aryl methyl sites for hydroxylation is 3. The molecule has 92 valence electrons. The van der Waals surface area contributed by atoms with Gasteiger partial charge in [0.1, 0.15) is 5.82 Å². The first-order chi connectivity index (χ1) is 8.83. The van der Waals surface area contributed by atoms with Gasteiger partial charge in [0.25, 0.3) is 0 Å². The van der Waals surface area contributed by atoms with Crippen molar-refractivity contribution >= 4 is 0 Å². The minimum atomic E-state index is 0.886. The fourth-order valence-corrected chi connectivity index (χ4v) is 2.41. The van der Waals surface area contributed by atoms with Crippen LogP contribution in [0.15, 0.2) is 30.3 Å². The van der Waals surface area contributed by atoms with Gasteiger partial charge in [-0.05, 0) is 18.9 Å². The lowest BCUT2D eigenvalue weighted by Crippen LogP contribution is -2.04. The maximum Gasteiger partial charge on any atom is 0.129 e. The smallest absolute Gasteiger partial charge is 0.129 e. The zero-order valence-corrected chi connectivity index (χ0v) is 10.6. The summed E-state index contributed by atoms with van der Waals surface area (Å²) in [6.45, 7) is 3.89. The summed E-state index contributed by atoms with van der Waals surface area (Å²) in [5.41, 5.74) is 4.95. The molecule has 1 aliphatic rings. The van der Waals surface area contributed by atoms with Gasteiger partial charge >= 0.3 is 0 Å². The van der Waals surface area contributed by atoms with Gasteiger partial charge in [-0.3, -0.25) is 0 Å². The van der Waals surface area contributed by atoms with E-state index >= 15 is 0 Å². The van der Waals surface area contributed by atoms with Crippen molar-refractivity contribution in [3.05, 3.63) is 58.7 Å². The minimum Gasteiger partial charge on any atom is -0.307 e. The Morgan fingerprint density at radius 3 is 2.72 bits per heavy atom. The average molecular weight is 239 g/mol. The van der Waals surface area contributed by atoms with Gasteiger partial charge in [0.05, 0.1) is 5.69 Å². The van der Waals surface area contributed by atoms with Crippen LogP contribution in [-0.2, 0) is 25.9 Å². The molecule has 0 saturated heterocycles. The molecule has 1 aromatic carbocycles. The summed E-state index contributed by atoms with van der Waals surface area (Å²) in [5, 5.41) is 3.33. The van der Waals surface area contributed by atoms with Crippen molar-refractivity contribution in [2.75, 3.05) is 0 Å². The average Bonchev–Trinajstić information content (AvgIpc) is 2.86. The molecule has 0 unspecified atom stereocenters. The summed E-state index contributed by atoms with van der Waals surface area (Å²) >= 11 is 0. The Kier molecular flexibility index (Phi) is 3.07. The Labute approximate surface area is 107 Å². The van der Waals surface area contributed by atoms with Gasteiger partial charge < -0.3 is 5.32 Å². The molecule has 3 rings (SSSR count). The predicted octanol–water partition coefficient (Wildman–Crippen LogP) is 2.17. The second-order valence-corrected chi connectivity index (χ2v) is 4.74. The van der Waals surface area contributed by atoms with Crippen LogP contribution in [0.3, 0.4) is 0 Å². The number of hydrogen-bond donors (Lipinski definition) is 1. The molecule has 3 nitrogen and oxygen atoms in total. The van der Waals surface area contributed by atoms with Crippen LogP contribution in [0.2, 0.25) is 0 Å². The standard InChI is InChI=1S/C15H17N3/c1-11-13-9-16-10-14(13)18-15(17-11)8-7-12-5-3-2-4-6-12/h2-6,16H,7-10H2,1H3. The number of nitrogens with one attached hydrogen (secondary N) is 1. The number of aromatic nitrogens is 2. The Bertz CT molecular complexity index is 549. The summed E-state index contributed by atoms with van der Waals surface area (Å²) in [4.78, 5) is 9.26. The van der Waals surface area contributed by atoms with Crippen molar-refractivity contribution in [3.8, 4) is 0 Å². The topological polar surface area (TPSA) is 37.8 Å². The lowest BCUT2D eigenvalue weighted by Gasteiger charge is -2.06. The molecule has 18 heavy (non-hydrogen) atoms. The molecule has 3 heteroatoms. The molecule has 0 amide bonds. The van der Waals surface area contributed by atoms with E-state index in [1.165, 1.54) is 16.8 Å². The zero-order valence-electron chi connectivity index (χ0n) is 10.6. The van der Waals surface area contributed by atoms with Gasteiger partial charge in [-0.15, -0.1) is 0 Å². The summed E-state index contributed by atoms with van der Waals surface area (Å²) < 4.78 is 0. The number of benzene rings is 1. The van der Waals surface area contributed by atoms with E-state index in [1.807, 2.05) is 6.07 Å². The van der Waals surface area contributed by atoms with Crippen molar-refractivity contribution in [2.45, 2.75) is 32.9 Å². The minimum absolute atomic E-state index is 0.886. The van der Waals surface area contributed by atoms with E-state index < -0.39 is 0 Å². The monoisotopic (exact) mass is 239 g/mol. The van der Waals surface area contributed by atoms with E-state index in [2.05, 4.69) is 46.5 Å². The highest BCUT2D eigenvalue weighted by atomic mass is 15.0. The van der Waals surface area contributed by atoms with Crippen molar-refractivity contribution in [1.82, 2.24) is 15.3 Å². The SMILES string of the molecule is Cc1nc(CCc2ccccc2)nc2c1CNC2. The molecule has 2 aromatic rings. The van der Waals surface area contributed by atoms with Crippen molar-refractivity contribution in [3.63, 3.8) is 0 Å². The molecule has 0 bridgehead atoms. The Hall–Kier alpha value is -1.74. The highest BCUT2D eigenvalue weighted by molar-refractivity contribution is 5.28. The first-order valence-electron chi connectivity index (χ1n) is 6.43. The van der Waals surface area contributed by atoms with E-state index in [4.69, 9.17) is 0 Å². The van der Waals surface area contributed by atoms with Crippen LogP contribution in [0.1, 0.15) is 28.3 Å². The largest absolute Gasteiger partial charge is 0.307 e. The van der Waals surface area contributed by atoms with Gasteiger partial charge in [-0.25, -0.2) is 9.97 Å². The fraction of sp³-hybridized carbons (Fsp3) is 0.333. The van der Waals surface area contributed by atoms with Gasteiger partial charge in [0.15, 0.2) is 0 Å². The number of hydrogen-bond acceptors (Lipinski definition) is 3. The first kappa shape index (κ1) is 11.4. The van der Waals surface area contributed by atoms with Crippen LogP contribution >= 0.6 is 0 Å². The molecule has 0 saturated carbocycles. The molecule has 0 atom stereocenters. The second kappa shape index (κ2) is 4.86. The predicted molar refractivity (Wildman–Crippen MR) is 71.2 cm³/mol. The van der Waals surface area contributed by atoms with Crippen LogP contribution < -0.4 is 5.32 Å². The molecule has 1 aliphatic heterocycles. The summed E-state index contributed by atoms with van der Waals surface area (Å²) in [5.74, 6) is 0.971. The molecule has 0 spiro atoms. The third kappa shape index (κ3) is 2.27. The molecule has 0 aliphatic carbocycles. The van der Waals surface area contributed by atoms with E-state index in [-0.39, 0.29) is 0 Å². The van der Waals surface area contributed by atoms with E-state index in [0.29, 0.717) is 0 Å². The highest BCUT2D eigenvalue weighted by Gasteiger charge is 2.16. The highest BCUT2D eigenvalue weighted by Crippen LogP contribution is 2.16. The third-order valence-electron chi connectivity index (χ3n) is 3.42. The molecule has 2 heterocycles. The van der Waals surface area contributed by atoms with Gasteiger partial charge in [0, 0.05) is 30.8 Å². The second-order valence-electron chi connectivity index (χ2n) is 4.74. The lowest BCUT2D eigenvalue weighted by molar-refractivity contribution is 0.754. The molecule has 1 aromatic heterocycles. The molecule has 0 fully saturated rings. The zero-order chi connectivity index (χ0) is 12.4. The summed E-state index contributed by atoms with van der Waals surface area (Å²) in [6, 6.07) is 10.5. The Morgan fingerprint density at radius 1 is 1.06 bits per heavy atom. The van der Waals surface area contributed by atoms with Crippen LogP contribution in [-0.4, -0.2) is 9.97 Å². The summed E-state index contributed by atoms with van der Waals surface area (Å²) in [7, 11) is 0. The first-order valence-corrected chi connectivity index (χ1v) is 6.43. The van der Waals surface area contributed by atoms with Crippen LogP contribution in [0.5, 0.6) is 0 Å². The maximum atomic E-state index is 4.66. The molecule has 1 N–H and O–H groups in total. The molecular formula is C15H17N3. The Morgan fingerprint density at radius 2 is 1.89 bits per heavy atom. The fourth-order valence-electron chi connectivity index (χ4n) is 2.41. The van der Waals surface area contributed by atoms with Crippen molar-refractivity contribution in [2.24, 2.45) is 0 Å². The van der Waals surface area contributed by atoms with Crippen LogP contribution in [0.4, 0.5) is 0 Å². The quantitative estimate of drug-likeness (QED) is 0.892. The third-order valence-corrected chi connectivity index (χ3v) is 3.42. The van der Waals surface area contributed by atoms with Gasteiger partial charge in [-0.2, -0.15) is 0 Å². The van der Waals surface area contributed by atoms with Crippen LogP contribution in [0.25, 0.3) is 0 Å². The number of rotatable bonds is 3. The van der Waals surface area contributed by atoms with E-state index in [9.17, 15) is 0 Å². The normalized spacial score (nSPS) is 13.6. The number of fused-ring (bicyclic) bond motifs is 1. The van der Waals surface area contributed by atoms with Crippen molar-refractivity contribution < 1.29 is 0 Å². The summed E-state index contributed by atoms with van der Waals surface area (Å²) in [6.07, 6.45) is 1.92. The Balaban J connectivity index is 1.76. The maximum absolute atomic E-state index is 4.66. The molecule has 0 radical (unpaired) electrons. The van der Waals surface area contributed by atoms with E-state index in [1.54, 1.807) is 0 Å². The van der Waals surface area contributed by atoms with E-state index in [0.717, 1.165) is 37.4 Å². The van der Waals surface area contributed by atoms with Crippen molar-refractivity contribution in [1.29, 1.82) is 0 Å². The molecular weight excluding hydrogens is 222 g/mol. The number of nitrogens with zero attached hydrogens (tertiary/aromatic N) is 2. The lowest BCUT2D eigenvalue weighted by atomic mass is 10.1. The van der Waals surface area contributed by atoms with Gasteiger partial charge in [0.2, 0.25) is 0 Å².